The van der Waals surface area contributed by atoms with Crippen molar-refractivity contribution in [3.05, 3.63) is 87.5 Å². The van der Waals surface area contributed by atoms with Gasteiger partial charge in [-0.25, -0.2) is 0 Å². The van der Waals surface area contributed by atoms with Gasteiger partial charge in [0, 0.05) is 6.42 Å². The van der Waals surface area contributed by atoms with E-state index in [1.165, 1.54) is 21.1 Å². The first-order chi connectivity index (χ1) is 29.1. The zero-order valence-corrected chi connectivity index (χ0v) is 34.7. The first kappa shape index (κ1) is 54.2. The Kier molecular flexibility index (Phi) is 17.8. The molecule has 0 radical (unpaired) electrons. The van der Waals surface area contributed by atoms with Gasteiger partial charge >= 0.3 is 44.4 Å². The molecule has 0 heterocycles. The van der Waals surface area contributed by atoms with Gasteiger partial charge in [-0.2, -0.15) is 79.0 Å². The lowest BCUT2D eigenvalue weighted by Crippen LogP contribution is -2.42. The summed E-state index contributed by atoms with van der Waals surface area (Å²) in [6, 6.07) is -3.23. The van der Waals surface area contributed by atoms with Crippen LogP contribution in [0.5, 0.6) is 17.2 Å². The fraction of sp³-hybridized carbons (Fsp3) is 0.561. The second-order valence-electron chi connectivity index (χ2n) is 16.0. The molecule has 0 saturated heterocycles. The molecule has 64 heavy (non-hydrogen) atoms. The Morgan fingerprint density at radius 3 is 1.06 bits per heavy atom. The highest BCUT2D eigenvalue weighted by Crippen LogP contribution is 2.48. The summed E-state index contributed by atoms with van der Waals surface area (Å²) in [5, 5.41) is 0. The molecule has 3 rings (SSSR count). The van der Waals surface area contributed by atoms with Crippen molar-refractivity contribution in [3.8, 4) is 17.2 Å². The molecule has 3 aromatic carbocycles. The molecule has 0 N–H and O–H groups in total. The number of rotatable bonds is 20. The zero-order valence-electron chi connectivity index (χ0n) is 34.7. The minimum absolute atomic E-state index is 0.0337. The van der Waals surface area contributed by atoms with Crippen LogP contribution in [0, 0.1) is 0 Å². The van der Waals surface area contributed by atoms with Crippen LogP contribution in [-0.2, 0) is 37.1 Å². The molecule has 0 aliphatic rings. The third kappa shape index (κ3) is 16.4. The van der Waals surface area contributed by atoms with Gasteiger partial charge in [-0.05, 0) is 55.0 Å². The van der Waals surface area contributed by atoms with E-state index < -0.39 is 123 Å². The Balaban J connectivity index is 2.28. The third-order valence-corrected chi connectivity index (χ3v) is 9.93. The summed E-state index contributed by atoms with van der Waals surface area (Å²) in [6.45, 7) is 2.07. The van der Waals surface area contributed by atoms with E-state index in [0.717, 1.165) is 51.4 Å². The normalized spacial score (nSPS) is 13.8. The molecular weight excluding hydrogens is 907 g/mol. The molecule has 360 valence electrons. The summed E-state index contributed by atoms with van der Waals surface area (Å²) in [7, 11) is 0.765. The van der Waals surface area contributed by atoms with Gasteiger partial charge in [0.05, 0.1) is 60.1 Å². The van der Waals surface area contributed by atoms with Gasteiger partial charge in [0.25, 0.3) is 0 Å². The van der Waals surface area contributed by atoms with Crippen LogP contribution >= 0.6 is 0 Å². The first-order valence-electron chi connectivity index (χ1n) is 19.8. The summed E-state index contributed by atoms with van der Waals surface area (Å²) < 4.78 is 268. The molecule has 3 aromatic rings. The quantitative estimate of drug-likeness (QED) is 0.0489. The standard InChI is InChI=1S/C41H45BF18NO3/c1-5-6-7-8-9-10-11-12-13-14-15-16-33(61(2,3)4)35-32(41(58,59)60)23-29(40(55,56)57)24-34(35)64-42(62-30-19-25(36(43,44)45)17-26(20-30)37(46,47)48)63-31-21-27(38(49,50)51)18-28(22-31)39(52,53)54/h17-24,33H,5-16H2,1-4H3/q+1. The van der Waals surface area contributed by atoms with Crippen LogP contribution in [-0.4, -0.2) is 32.9 Å². The molecule has 0 saturated carbocycles. The van der Waals surface area contributed by atoms with Crippen molar-refractivity contribution in [2.24, 2.45) is 0 Å². The Labute approximate surface area is 357 Å². The Hall–Kier alpha value is -4.18. The van der Waals surface area contributed by atoms with E-state index >= 15 is 0 Å². The summed E-state index contributed by atoms with van der Waals surface area (Å²) in [6.07, 6.45) is -24.7. The van der Waals surface area contributed by atoms with Gasteiger partial charge < -0.3 is 18.4 Å². The van der Waals surface area contributed by atoms with Gasteiger partial charge in [0.1, 0.15) is 23.3 Å². The largest absolute Gasteiger partial charge is 0.864 e. The number of quaternary nitrogens is 1. The number of hydrogen-bond acceptors (Lipinski definition) is 3. The first-order valence-corrected chi connectivity index (χ1v) is 19.8. The summed E-state index contributed by atoms with van der Waals surface area (Å²) in [5.41, 5.74) is -13.5. The summed E-state index contributed by atoms with van der Waals surface area (Å²) in [5.74, 6) is -4.63. The van der Waals surface area contributed by atoms with Crippen molar-refractivity contribution < 1.29 is 97.5 Å². The maximum atomic E-state index is 14.9. The Morgan fingerprint density at radius 1 is 0.422 bits per heavy atom. The predicted molar refractivity (Wildman–Crippen MR) is 199 cm³/mol. The van der Waals surface area contributed by atoms with Crippen molar-refractivity contribution in [3.63, 3.8) is 0 Å². The van der Waals surface area contributed by atoms with Crippen LogP contribution < -0.4 is 14.0 Å². The molecule has 0 aromatic heterocycles. The molecule has 1 atom stereocenters. The number of benzene rings is 3. The second kappa shape index (κ2) is 21.0. The third-order valence-electron chi connectivity index (χ3n) is 9.93. The molecule has 0 amide bonds. The maximum absolute atomic E-state index is 14.9. The van der Waals surface area contributed by atoms with Gasteiger partial charge in [-0.3, -0.25) is 0 Å². The number of unbranched alkanes of at least 4 members (excludes halogenated alkanes) is 10. The maximum Gasteiger partial charge on any atom is 0.864 e. The van der Waals surface area contributed by atoms with Gasteiger partial charge in [0.15, 0.2) is 0 Å². The lowest BCUT2D eigenvalue weighted by atomic mass is 9.90. The highest BCUT2D eigenvalue weighted by molar-refractivity contribution is 6.39. The summed E-state index contributed by atoms with van der Waals surface area (Å²) >= 11 is 0. The topological polar surface area (TPSA) is 27.7 Å². The zero-order chi connectivity index (χ0) is 48.7. The molecule has 0 aliphatic carbocycles. The van der Waals surface area contributed by atoms with E-state index in [1.807, 2.05) is 0 Å². The van der Waals surface area contributed by atoms with Crippen LogP contribution in [0.3, 0.4) is 0 Å². The van der Waals surface area contributed by atoms with Crippen molar-refractivity contribution in [2.45, 2.75) is 127 Å². The van der Waals surface area contributed by atoms with Crippen LogP contribution in [0.1, 0.15) is 129 Å². The van der Waals surface area contributed by atoms with Crippen molar-refractivity contribution >= 4 is 7.32 Å². The lowest BCUT2D eigenvalue weighted by Gasteiger charge is -2.37. The fourth-order valence-corrected chi connectivity index (χ4v) is 6.77. The lowest BCUT2D eigenvalue weighted by molar-refractivity contribution is -0.902. The molecular formula is C41H45BF18NO3+. The Bertz CT molecular complexity index is 1820. The molecule has 0 aliphatic heterocycles. The molecule has 4 nitrogen and oxygen atoms in total. The average Bonchev–Trinajstić information content (AvgIpc) is 3.12. The van der Waals surface area contributed by atoms with Crippen LogP contribution in [0.4, 0.5) is 79.0 Å². The second-order valence-corrected chi connectivity index (χ2v) is 16.0. The highest BCUT2D eigenvalue weighted by Gasteiger charge is 2.47. The minimum Gasteiger partial charge on any atom is -0.490 e. The van der Waals surface area contributed by atoms with Crippen molar-refractivity contribution in [1.29, 1.82) is 0 Å². The van der Waals surface area contributed by atoms with Gasteiger partial charge in [0.2, 0.25) is 0 Å². The number of alkyl halides is 18. The monoisotopic (exact) mass is 952 g/mol. The molecule has 1 unspecified atom stereocenters. The van der Waals surface area contributed by atoms with Crippen LogP contribution in [0.25, 0.3) is 0 Å². The number of halogens is 18. The molecule has 0 bridgehead atoms. The highest BCUT2D eigenvalue weighted by atomic mass is 19.4. The van der Waals surface area contributed by atoms with E-state index in [4.69, 9.17) is 14.0 Å². The molecule has 0 spiro atoms. The number of hydrogen-bond donors (Lipinski definition) is 0. The average molecular weight is 953 g/mol. The van der Waals surface area contributed by atoms with Crippen LogP contribution in [0.2, 0.25) is 0 Å². The van der Waals surface area contributed by atoms with Gasteiger partial charge in [-0.15, -0.1) is 0 Å². The van der Waals surface area contributed by atoms with E-state index in [9.17, 15) is 79.0 Å². The van der Waals surface area contributed by atoms with E-state index in [1.54, 1.807) is 0 Å². The summed E-state index contributed by atoms with van der Waals surface area (Å²) in [4.78, 5) is 0. The predicted octanol–water partition coefficient (Wildman–Crippen LogP) is 15.8. The van der Waals surface area contributed by atoms with Crippen molar-refractivity contribution in [1.82, 2.24) is 0 Å². The van der Waals surface area contributed by atoms with E-state index in [2.05, 4.69) is 6.92 Å². The van der Waals surface area contributed by atoms with Crippen molar-refractivity contribution in [2.75, 3.05) is 21.1 Å². The van der Waals surface area contributed by atoms with E-state index in [-0.39, 0.29) is 49.2 Å². The Morgan fingerprint density at radius 2 is 0.750 bits per heavy atom. The number of nitrogens with zero attached hydrogens (tertiary/aromatic N) is 1. The molecule has 23 heteroatoms. The minimum atomic E-state index is -5.64. The molecule has 0 fully saturated rings. The van der Waals surface area contributed by atoms with E-state index in [0.29, 0.717) is 12.8 Å². The fourth-order valence-electron chi connectivity index (χ4n) is 6.77. The van der Waals surface area contributed by atoms with Crippen LogP contribution in [0.15, 0.2) is 48.5 Å². The SMILES string of the molecule is CCCCCCCCCCCCCC(c1c(OB(Oc2cc(C(F)(F)F)cc(C(F)(F)F)c2)Oc2cc(C(F)(F)F)cc(C(F)(F)F)c2)cc(C(F)(F)F)cc1C(F)(F)F)[N+](C)(C)C. The van der Waals surface area contributed by atoms with Gasteiger partial charge in [-0.1, -0.05) is 71.1 Å². The smallest absolute Gasteiger partial charge is 0.490 e.